The Labute approximate surface area is 138 Å². The van der Waals surface area contributed by atoms with Crippen LogP contribution >= 0.6 is 0 Å². The molecule has 0 saturated carbocycles. The fourth-order valence-corrected chi connectivity index (χ4v) is 5.85. The van der Waals surface area contributed by atoms with Gasteiger partial charge >= 0.3 is 5.97 Å². The number of carboxylic acids is 1. The van der Waals surface area contributed by atoms with Crippen molar-refractivity contribution in [1.29, 1.82) is 0 Å². The summed E-state index contributed by atoms with van der Waals surface area (Å²) in [5, 5.41) is 10.5. The Kier molecular flexibility index (Phi) is 3.89. The number of carbonyl (C=O) groups is 1. The van der Waals surface area contributed by atoms with Crippen molar-refractivity contribution in [1.82, 2.24) is 9.13 Å². The molecule has 1 N–H and O–H groups in total. The van der Waals surface area contributed by atoms with Crippen LogP contribution < -0.4 is 0 Å². The Hall–Kier alpha value is -1.59. The zero-order chi connectivity index (χ0) is 16.9. The number of hydrogen-bond acceptors (Lipinski definition) is 2. The van der Waals surface area contributed by atoms with Crippen molar-refractivity contribution in [2.75, 3.05) is 14.1 Å². The van der Waals surface area contributed by atoms with E-state index < -0.39 is 14.2 Å². The lowest BCUT2D eigenvalue weighted by atomic mass is 9.90. The third-order valence-electron chi connectivity index (χ3n) is 4.98. The van der Waals surface area contributed by atoms with Crippen LogP contribution in [0.25, 0.3) is 10.9 Å². The molecule has 0 bridgehead atoms. The van der Waals surface area contributed by atoms with Gasteiger partial charge in [0.1, 0.15) is 0 Å². The number of carboxylic acid groups (broad SMARTS) is 1. The Morgan fingerprint density at radius 2 is 2.00 bits per heavy atom. The third-order valence-corrected chi connectivity index (χ3v) is 6.84. The highest BCUT2D eigenvalue weighted by atomic mass is 28.3. The quantitative estimate of drug-likeness (QED) is 0.877. The average molecular weight is 331 g/mol. The Morgan fingerprint density at radius 3 is 2.57 bits per heavy atom. The molecule has 5 heteroatoms. The van der Waals surface area contributed by atoms with Crippen molar-refractivity contribution >= 4 is 25.1 Å². The SMILES string of the molecule is CN(C)[C@H]1CCc2c(c3cc(C(=O)O)ccc3n2[Si](C)(C)C)C1. The van der Waals surface area contributed by atoms with Gasteiger partial charge in [0.15, 0.2) is 8.24 Å². The van der Waals surface area contributed by atoms with Gasteiger partial charge in [-0.15, -0.1) is 0 Å². The van der Waals surface area contributed by atoms with Crippen molar-refractivity contribution in [2.24, 2.45) is 0 Å². The number of aromatic carboxylic acids is 1. The lowest BCUT2D eigenvalue weighted by Gasteiger charge is -2.31. The minimum absolute atomic E-state index is 0.389. The highest BCUT2D eigenvalue weighted by Gasteiger charge is 2.31. The van der Waals surface area contributed by atoms with Gasteiger partial charge in [-0.25, -0.2) is 4.79 Å². The minimum Gasteiger partial charge on any atom is -0.478 e. The van der Waals surface area contributed by atoms with Crippen molar-refractivity contribution in [3.8, 4) is 0 Å². The van der Waals surface area contributed by atoms with Crippen LogP contribution in [0.3, 0.4) is 0 Å². The summed E-state index contributed by atoms with van der Waals surface area (Å²) in [7, 11) is 2.71. The molecular weight excluding hydrogens is 304 g/mol. The molecule has 1 aromatic carbocycles. The topological polar surface area (TPSA) is 45.5 Å². The molecular formula is C18H26N2O2Si. The van der Waals surface area contributed by atoms with Crippen LogP contribution in [0.4, 0.5) is 0 Å². The van der Waals surface area contributed by atoms with Crippen LogP contribution in [0, 0.1) is 0 Å². The molecule has 1 heterocycles. The first-order valence-corrected chi connectivity index (χ1v) is 11.7. The van der Waals surface area contributed by atoms with Gasteiger partial charge in [-0.3, -0.25) is 0 Å². The molecule has 1 atom stereocenters. The van der Waals surface area contributed by atoms with Crippen molar-refractivity contribution in [3.05, 3.63) is 35.0 Å². The summed E-state index contributed by atoms with van der Waals surface area (Å²) in [5.74, 6) is -0.846. The van der Waals surface area contributed by atoms with E-state index >= 15 is 0 Å². The first-order chi connectivity index (χ1) is 10.7. The molecule has 23 heavy (non-hydrogen) atoms. The molecule has 0 spiro atoms. The second kappa shape index (κ2) is 5.49. The van der Waals surface area contributed by atoms with E-state index in [1.165, 1.54) is 23.2 Å². The summed E-state index contributed by atoms with van der Waals surface area (Å²) < 4.78 is 2.55. The molecule has 0 aliphatic heterocycles. The van der Waals surface area contributed by atoms with E-state index in [1.54, 1.807) is 6.07 Å². The summed E-state index contributed by atoms with van der Waals surface area (Å²) in [6.07, 6.45) is 3.27. The van der Waals surface area contributed by atoms with E-state index in [0.717, 1.165) is 18.2 Å². The van der Waals surface area contributed by atoms with E-state index in [2.05, 4.69) is 42.9 Å². The molecule has 0 saturated heterocycles. The van der Waals surface area contributed by atoms with Gasteiger partial charge in [0.25, 0.3) is 0 Å². The maximum atomic E-state index is 11.4. The van der Waals surface area contributed by atoms with E-state index in [4.69, 9.17) is 0 Å². The molecule has 2 aromatic rings. The molecule has 0 unspecified atom stereocenters. The van der Waals surface area contributed by atoms with Crippen LogP contribution in [-0.4, -0.2) is 48.6 Å². The zero-order valence-corrected chi connectivity index (χ0v) is 15.7. The summed E-state index contributed by atoms with van der Waals surface area (Å²) in [6.45, 7) is 7.07. The Morgan fingerprint density at radius 1 is 1.30 bits per heavy atom. The van der Waals surface area contributed by atoms with Gasteiger partial charge in [-0.2, -0.15) is 0 Å². The molecule has 0 fully saturated rings. The third kappa shape index (κ3) is 2.72. The summed E-state index contributed by atoms with van der Waals surface area (Å²) in [5.41, 5.74) is 4.42. The molecule has 4 nitrogen and oxygen atoms in total. The number of nitrogens with zero attached hydrogens (tertiary/aromatic N) is 2. The highest BCUT2D eigenvalue weighted by Crippen LogP contribution is 2.36. The van der Waals surface area contributed by atoms with Crippen LogP contribution in [0.2, 0.25) is 19.6 Å². The molecule has 124 valence electrons. The Balaban J connectivity index is 2.27. The number of fused-ring (bicyclic) bond motifs is 3. The summed E-state index contributed by atoms with van der Waals surface area (Å²) in [6, 6.07) is 6.18. The predicted molar refractivity (Wildman–Crippen MR) is 97.1 cm³/mol. The van der Waals surface area contributed by atoms with Gasteiger partial charge in [0, 0.05) is 22.6 Å². The highest BCUT2D eigenvalue weighted by molar-refractivity contribution is 6.75. The summed E-state index contributed by atoms with van der Waals surface area (Å²) >= 11 is 0. The number of hydrogen-bond donors (Lipinski definition) is 1. The number of benzene rings is 1. The van der Waals surface area contributed by atoms with Gasteiger partial charge < -0.3 is 14.2 Å². The molecule has 1 aromatic heterocycles. The zero-order valence-electron chi connectivity index (χ0n) is 14.7. The van der Waals surface area contributed by atoms with E-state index in [9.17, 15) is 9.90 Å². The van der Waals surface area contributed by atoms with Crippen LogP contribution in [0.15, 0.2) is 18.2 Å². The molecule has 0 amide bonds. The van der Waals surface area contributed by atoms with Crippen molar-refractivity contribution < 1.29 is 9.90 Å². The second-order valence-corrected chi connectivity index (χ2v) is 12.6. The smallest absolute Gasteiger partial charge is 0.335 e. The summed E-state index contributed by atoms with van der Waals surface area (Å²) in [4.78, 5) is 13.7. The maximum absolute atomic E-state index is 11.4. The standard InChI is InChI=1S/C18H26N2O2Si/c1-19(2)13-7-9-17-15(11-13)14-10-12(18(21)22)6-8-16(14)20(17)23(3,4)5/h6,8,10,13H,7,9,11H2,1-5H3,(H,21,22)/t13-/m0/s1. The number of likely N-dealkylation sites (N-methyl/N-ethyl adjacent to an activating group) is 1. The van der Waals surface area contributed by atoms with Gasteiger partial charge in [0.2, 0.25) is 0 Å². The lowest BCUT2D eigenvalue weighted by Crippen LogP contribution is -2.37. The predicted octanol–water partition coefficient (Wildman–Crippen LogP) is 3.44. The lowest BCUT2D eigenvalue weighted by molar-refractivity contribution is 0.0697. The van der Waals surface area contributed by atoms with Crippen LogP contribution in [-0.2, 0) is 12.8 Å². The number of rotatable bonds is 3. The monoisotopic (exact) mass is 330 g/mol. The van der Waals surface area contributed by atoms with E-state index in [-0.39, 0.29) is 0 Å². The first kappa shape index (κ1) is 16.3. The minimum atomic E-state index is -1.56. The fraction of sp³-hybridized carbons (Fsp3) is 0.500. The molecule has 3 rings (SSSR count). The van der Waals surface area contributed by atoms with Gasteiger partial charge in [-0.05, 0) is 57.1 Å². The van der Waals surface area contributed by atoms with Crippen molar-refractivity contribution in [3.63, 3.8) is 0 Å². The fourth-order valence-electron chi connectivity index (χ4n) is 3.88. The van der Waals surface area contributed by atoms with Crippen molar-refractivity contribution in [2.45, 2.75) is 44.9 Å². The van der Waals surface area contributed by atoms with Gasteiger partial charge in [-0.1, -0.05) is 19.6 Å². The van der Waals surface area contributed by atoms with E-state index in [1.807, 2.05) is 12.1 Å². The van der Waals surface area contributed by atoms with Crippen LogP contribution in [0.5, 0.6) is 0 Å². The van der Waals surface area contributed by atoms with Gasteiger partial charge in [0.05, 0.1) is 5.56 Å². The first-order valence-electron chi connectivity index (χ1n) is 8.26. The molecule has 1 aliphatic rings. The average Bonchev–Trinajstić information content (AvgIpc) is 2.79. The Bertz CT molecular complexity index is 771. The number of aromatic nitrogens is 1. The van der Waals surface area contributed by atoms with E-state index in [0.29, 0.717) is 11.6 Å². The largest absolute Gasteiger partial charge is 0.478 e. The molecule has 0 radical (unpaired) electrons. The van der Waals surface area contributed by atoms with Crippen LogP contribution in [0.1, 0.15) is 28.0 Å². The maximum Gasteiger partial charge on any atom is 0.335 e. The second-order valence-electron chi connectivity index (χ2n) is 7.83. The normalized spacial score (nSPS) is 18.4. The molecule has 1 aliphatic carbocycles.